The SMILES string of the molecule is NC(=O)C1COCCN1c1cc(Cl)ccc1C=O. The molecule has 1 amide bonds. The smallest absolute Gasteiger partial charge is 0.242 e. The van der Waals surface area contributed by atoms with Crippen molar-refractivity contribution in [2.45, 2.75) is 6.04 Å². The van der Waals surface area contributed by atoms with Gasteiger partial charge in [0.1, 0.15) is 6.04 Å². The van der Waals surface area contributed by atoms with E-state index in [1.54, 1.807) is 23.1 Å². The molecule has 1 aromatic carbocycles. The lowest BCUT2D eigenvalue weighted by molar-refractivity contribution is -0.121. The normalized spacial score (nSPS) is 19.6. The molecular formula is C12H13ClN2O3. The van der Waals surface area contributed by atoms with Crippen molar-refractivity contribution in [2.24, 2.45) is 5.73 Å². The van der Waals surface area contributed by atoms with Crippen LogP contribution >= 0.6 is 11.6 Å². The Morgan fingerprint density at radius 1 is 1.56 bits per heavy atom. The second kappa shape index (κ2) is 5.37. The molecule has 18 heavy (non-hydrogen) atoms. The Hall–Kier alpha value is -1.59. The third-order valence-corrected chi connectivity index (χ3v) is 3.12. The molecule has 96 valence electrons. The van der Waals surface area contributed by atoms with Crippen LogP contribution < -0.4 is 10.6 Å². The van der Waals surface area contributed by atoms with E-state index in [9.17, 15) is 9.59 Å². The van der Waals surface area contributed by atoms with Crippen LogP contribution in [0.3, 0.4) is 0 Å². The van der Waals surface area contributed by atoms with Crippen LogP contribution in [0.25, 0.3) is 0 Å². The van der Waals surface area contributed by atoms with E-state index in [-0.39, 0.29) is 6.61 Å². The van der Waals surface area contributed by atoms with Gasteiger partial charge in [0.15, 0.2) is 6.29 Å². The van der Waals surface area contributed by atoms with Crippen molar-refractivity contribution in [2.75, 3.05) is 24.7 Å². The van der Waals surface area contributed by atoms with Gasteiger partial charge in [-0.05, 0) is 18.2 Å². The number of aldehydes is 1. The van der Waals surface area contributed by atoms with Crippen LogP contribution in [0.2, 0.25) is 5.02 Å². The van der Waals surface area contributed by atoms with Gasteiger partial charge in [-0.3, -0.25) is 9.59 Å². The molecule has 1 unspecified atom stereocenters. The highest BCUT2D eigenvalue weighted by atomic mass is 35.5. The Kier molecular flexibility index (Phi) is 3.84. The first-order valence-electron chi connectivity index (χ1n) is 5.52. The molecule has 0 bridgehead atoms. The van der Waals surface area contributed by atoms with Crippen molar-refractivity contribution in [3.8, 4) is 0 Å². The fourth-order valence-corrected chi connectivity index (χ4v) is 2.16. The Morgan fingerprint density at radius 2 is 2.33 bits per heavy atom. The van der Waals surface area contributed by atoms with Gasteiger partial charge in [0.25, 0.3) is 0 Å². The largest absolute Gasteiger partial charge is 0.377 e. The van der Waals surface area contributed by atoms with Gasteiger partial charge in [0.05, 0.1) is 13.2 Å². The molecule has 1 fully saturated rings. The van der Waals surface area contributed by atoms with Crippen LogP contribution in [0.4, 0.5) is 5.69 Å². The zero-order chi connectivity index (χ0) is 13.1. The summed E-state index contributed by atoms with van der Waals surface area (Å²) in [6, 6.07) is 4.34. The van der Waals surface area contributed by atoms with Crippen molar-refractivity contribution in [1.29, 1.82) is 0 Å². The van der Waals surface area contributed by atoms with E-state index >= 15 is 0 Å². The van der Waals surface area contributed by atoms with Gasteiger partial charge in [-0.25, -0.2) is 0 Å². The number of rotatable bonds is 3. The number of ether oxygens (including phenoxy) is 1. The Labute approximate surface area is 109 Å². The van der Waals surface area contributed by atoms with E-state index < -0.39 is 11.9 Å². The van der Waals surface area contributed by atoms with Crippen molar-refractivity contribution in [3.63, 3.8) is 0 Å². The average molecular weight is 269 g/mol. The molecule has 5 nitrogen and oxygen atoms in total. The van der Waals surface area contributed by atoms with Gasteiger partial charge in [0.2, 0.25) is 5.91 Å². The van der Waals surface area contributed by atoms with Crippen LogP contribution in [0, 0.1) is 0 Å². The highest BCUT2D eigenvalue weighted by molar-refractivity contribution is 6.31. The highest BCUT2D eigenvalue weighted by Gasteiger charge is 2.29. The van der Waals surface area contributed by atoms with Crippen molar-refractivity contribution < 1.29 is 14.3 Å². The second-order valence-electron chi connectivity index (χ2n) is 4.01. The zero-order valence-corrected chi connectivity index (χ0v) is 10.4. The topological polar surface area (TPSA) is 72.6 Å². The minimum absolute atomic E-state index is 0.222. The summed E-state index contributed by atoms with van der Waals surface area (Å²) in [4.78, 5) is 24.2. The molecule has 1 aliphatic rings. The number of benzene rings is 1. The van der Waals surface area contributed by atoms with Gasteiger partial charge in [-0.15, -0.1) is 0 Å². The standard InChI is InChI=1S/C12H13ClN2O3/c13-9-2-1-8(6-16)10(5-9)15-3-4-18-7-11(15)12(14)17/h1-2,5-6,11H,3-4,7H2,(H2,14,17). The molecule has 1 atom stereocenters. The van der Waals surface area contributed by atoms with Gasteiger partial charge >= 0.3 is 0 Å². The number of carbonyl (C=O) groups is 2. The van der Waals surface area contributed by atoms with Crippen molar-refractivity contribution >= 4 is 29.5 Å². The number of carbonyl (C=O) groups excluding carboxylic acids is 2. The first-order chi connectivity index (χ1) is 8.63. The maximum atomic E-state index is 11.4. The lowest BCUT2D eigenvalue weighted by atomic mass is 10.1. The summed E-state index contributed by atoms with van der Waals surface area (Å²) in [6.07, 6.45) is 0.735. The summed E-state index contributed by atoms with van der Waals surface area (Å²) < 4.78 is 5.24. The minimum atomic E-state index is -0.573. The maximum absolute atomic E-state index is 11.4. The number of nitrogens with zero attached hydrogens (tertiary/aromatic N) is 1. The van der Waals surface area contributed by atoms with E-state index in [0.717, 1.165) is 6.29 Å². The average Bonchev–Trinajstić information content (AvgIpc) is 2.38. The van der Waals surface area contributed by atoms with Gasteiger partial charge in [-0.2, -0.15) is 0 Å². The van der Waals surface area contributed by atoms with E-state index in [0.29, 0.717) is 29.4 Å². The fourth-order valence-electron chi connectivity index (χ4n) is 1.99. The van der Waals surface area contributed by atoms with Crippen LogP contribution in [0.1, 0.15) is 10.4 Å². The molecule has 6 heteroatoms. The Bertz CT molecular complexity index is 478. The molecule has 0 aliphatic carbocycles. The summed E-state index contributed by atoms with van der Waals surface area (Å²) in [5, 5.41) is 0.505. The van der Waals surface area contributed by atoms with Crippen LogP contribution in [0.15, 0.2) is 18.2 Å². The Balaban J connectivity index is 2.41. The third kappa shape index (κ3) is 2.47. The van der Waals surface area contributed by atoms with Gasteiger partial charge < -0.3 is 15.4 Å². The van der Waals surface area contributed by atoms with E-state index in [2.05, 4.69) is 0 Å². The highest BCUT2D eigenvalue weighted by Crippen LogP contribution is 2.26. The molecule has 1 aliphatic heterocycles. The minimum Gasteiger partial charge on any atom is -0.377 e. The number of morpholine rings is 1. The summed E-state index contributed by atoms with van der Waals surface area (Å²) in [5.41, 5.74) is 6.44. The molecule has 0 saturated carbocycles. The van der Waals surface area contributed by atoms with E-state index in [1.165, 1.54) is 0 Å². The maximum Gasteiger partial charge on any atom is 0.242 e. The summed E-state index contributed by atoms with van der Waals surface area (Å²) >= 11 is 5.93. The molecule has 0 radical (unpaired) electrons. The lowest BCUT2D eigenvalue weighted by Crippen LogP contribution is -2.53. The number of halogens is 1. The molecule has 1 heterocycles. The Morgan fingerprint density at radius 3 is 3.00 bits per heavy atom. The van der Waals surface area contributed by atoms with Gasteiger partial charge in [0, 0.05) is 22.8 Å². The van der Waals surface area contributed by atoms with Crippen molar-refractivity contribution in [1.82, 2.24) is 0 Å². The number of hydrogen-bond acceptors (Lipinski definition) is 4. The first kappa shape index (κ1) is 12.9. The van der Waals surface area contributed by atoms with Crippen LogP contribution in [-0.2, 0) is 9.53 Å². The summed E-state index contributed by atoms with van der Waals surface area (Å²) in [6.45, 7) is 1.20. The molecule has 1 saturated heterocycles. The van der Waals surface area contributed by atoms with Crippen molar-refractivity contribution in [3.05, 3.63) is 28.8 Å². The van der Waals surface area contributed by atoms with E-state index in [1.807, 2.05) is 0 Å². The molecular weight excluding hydrogens is 256 g/mol. The summed E-state index contributed by atoms with van der Waals surface area (Å²) in [7, 11) is 0. The number of hydrogen-bond donors (Lipinski definition) is 1. The molecule has 2 rings (SSSR count). The predicted octanol–water partition coefficient (Wildman–Crippen LogP) is 0.843. The van der Waals surface area contributed by atoms with Crippen LogP contribution in [-0.4, -0.2) is 38.0 Å². The molecule has 0 aromatic heterocycles. The molecule has 0 spiro atoms. The van der Waals surface area contributed by atoms with E-state index in [4.69, 9.17) is 22.1 Å². The predicted molar refractivity (Wildman–Crippen MR) is 68.0 cm³/mol. The molecule has 2 N–H and O–H groups in total. The fraction of sp³-hybridized carbons (Fsp3) is 0.333. The number of primary amides is 1. The molecule has 1 aromatic rings. The van der Waals surface area contributed by atoms with Crippen LogP contribution in [0.5, 0.6) is 0 Å². The second-order valence-corrected chi connectivity index (χ2v) is 4.44. The van der Waals surface area contributed by atoms with Gasteiger partial charge in [-0.1, -0.05) is 11.6 Å². The quantitative estimate of drug-likeness (QED) is 0.825. The number of nitrogens with two attached hydrogens (primary N) is 1. The zero-order valence-electron chi connectivity index (χ0n) is 9.64. The number of anilines is 1. The lowest BCUT2D eigenvalue weighted by Gasteiger charge is -2.36. The number of amides is 1. The first-order valence-corrected chi connectivity index (χ1v) is 5.89. The monoisotopic (exact) mass is 268 g/mol. The summed E-state index contributed by atoms with van der Waals surface area (Å²) in [5.74, 6) is -0.480. The third-order valence-electron chi connectivity index (χ3n) is 2.89.